The molecule has 1 aliphatic heterocycles. The first kappa shape index (κ1) is 27.7. The number of benzene rings is 3. The van der Waals surface area contributed by atoms with Gasteiger partial charge >= 0.3 is 12.2 Å². The molecule has 3 aromatic carbocycles. The van der Waals surface area contributed by atoms with Crippen molar-refractivity contribution in [3.8, 4) is 5.75 Å². The third kappa shape index (κ3) is 5.20. The number of nitro groups is 1. The Morgan fingerprint density at radius 1 is 0.949 bits per heavy atom. The summed E-state index contributed by atoms with van der Waals surface area (Å²) in [6.45, 7) is 11.9. The number of amides is 2. The van der Waals surface area contributed by atoms with Crippen molar-refractivity contribution < 1.29 is 28.5 Å². The number of rotatable bonds is 7. The Labute approximate surface area is 227 Å². The van der Waals surface area contributed by atoms with E-state index in [1.165, 1.54) is 18.2 Å². The molecule has 0 radical (unpaired) electrons. The van der Waals surface area contributed by atoms with Gasteiger partial charge < -0.3 is 9.16 Å². The fourth-order valence-electron chi connectivity index (χ4n) is 3.99. The molecule has 4 rings (SSSR count). The lowest BCUT2D eigenvalue weighted by molar-refractivity contribution is -0.574. The third-order valence-electron chi connectivity index (χ3n) is 7.28. The van der Waals surface area contributed by atoms with Gasteiger partial charge in [0.05, 0.1) is 32.9 Å². The second-order valence-electron chi connectivity index (χ2n) is 10.9. The molecule has 9 nitrogen and oxygen atoms in total. The molecule has 2 amide bonds. The average molecular weight is 547 g/mol. The summed E-state index contributed by atoms with van der Waals surface area (Å²) in [4.78, 5) is 52.1. The predicted molar refractivity (Wildman–Crippen MR) is 148 cm³/mol. The number of fused-ring (bicyclic) bond motifs is 1. The van der Waals surface area contributed by atoms with Gasteiger partial charge in [-0.05, 0) is 55.4 Å². The SMILES string of the molecule is Cc1c(O[Si](C)(C)C(C)(C)C)cc(N2C(=O)c3ccccc3C2=O)cc1C(=O)OC(c1ccccc1)[N+](=O)[O-]. The first-order valence-corrected chi connectivity index (χ1v) is 15.3. The molecule has 0 aliphatic carbocycles. The molecule has 3 aromatic rings. The van der Waals surface area contributed by atoms with Crippen molar-refractivity contribution in [1.29, 1.82) is 0 Å². The van der Waals surface area contributed by atoms with Crippen LogP contribution in [0, 0.1) is 17.0 Å². The van der Waals surface area contributed by atoms with Crippen molar-refractivity contribution >= 4 is 31.8 Å². The maximum atomic E-state index is 13.5. The Kier molecular flexibility index (Phi) is 7.18. The van der Waals surface area contributed by atoms with Gasteiger partial charge in [0, 0.05) is 11.6 Å². The minimum absolute atomic E-state index is 0.0412. The first-order chi connectivity index (χ1) is 18.2. The highest BCUT2D eigenvalue weighted by Gasteiger charge is 2.41. The van der Waals surface area contributed by atoms with Crippen LogP contribution in [0.3, 0.4) is 0 Å². The summed E-state index contributed by atoms with van der Waals surface area (Å²) in [5.74, 6) is -1.74. The molecule has 1 unspecified atom stereocenters. The molecule has 1 aliphatic rings. The van der Waals surface area contributed by atoms with E-state index in [0.717, 1.165) is 4.90 Å². The van der Waals surface area contributed by atoms with Crippen LogP contribution in [0.5, 0.6) is 5.75 Å². The largest absolute Gasteiger partial charge is 0.543 e. The zero-order valence-corrected chi connectivity index (χ0v) is 23.7. The Hall–Kier alpha value is -4.31. The Morgan fingerprint density at radius 3 is 2.00 bits per heavy atom. The minimum atomic E-state index is -2.45. The van der Waals surface area contributed by atoms with Crippen LogP contribution in [0.4, 0.5) is 5.69 Å². The Morgan fingerprint density at radius 2 is 1.49 bits per heavy atom. The predicted octanol–water partition coefficient (Wildman–Crippen LogP) is 6.31. The molecule has 0 saturated carbocycles. The molecule has 0 saturated heterocycles. The van der Waals surface area contributed by atoms with Gasteiger partial charge in [-0.15, -0.1) is 0 Å². The van der Waals surface area contributed by atoms with Gasteiger partial charge in [-0.1, -0.05) is 51.1 Å². The highest BCUT2D eigenvalue weighted by Crippen LogP contribution is 2.41. The normalized spacial score (nSPS) is 14.2. The van der Waals surface area contributed by atoms with Gasteiger partial charge in [0.25, 0.3) is 11.8 Å². The summed E-state index contributed by atoms with van der Waals surface area (Å²) in [7, 11) is -2.45. The lowest BCUT2D eigenvalue weighted by Gasteiger charge is -2.37. The Balaban J connectivity index is 1.82. The molecule has 0 bridgehead atoms. The molecule has 0 aromatic heterocycles. The van der Waals surface area contributed by atoms with Gasteiger partial charge in [0.15, 0.2) is 0 Å². The van der Waals surface area contributed by atoms with E-state index in [4.69, 9.17) is 9.16 Å². The number of imide groups is 1. The van der Waals surface area contributed by atoms with E-state index in [1.54, 1.807) is 55.5 Å². The zero-order valence-electron chi connectivity index (χ0n) is 22.7. The lowest BCUT2D eigenvalue weighted by Crippen LogP contribution is -2.44. The minimum Gasteiger partial charge on any atom is -0.543 e. The van der Waals surface area contributed by atoms with Crippen molar-refractivity contribution in [2.45, 2.75) is 52.1 Å². The number of ether oxygens (including phenoxy) is 1. The smallest absolute Gasteiger partial charge is 0.383 e. The molecule has 0 fully saturated rings. The van der Waals surface area contributed by atoms with Gasteiger partial charge in [-0.3, -0.25) is 19.7 Å². The summed E-state index contributed by atoms with van der Waals surface area (Å²) in [6, 6.07) is 17.3. The van der Waals surface area contributed by atoms with Crippen LogP contribution in [0.1, 0.15) is 69.2 Å². The molecule has 1 heterocycles. The van der Waals surface area contributed by atoms with Gasteiger partial charge in [-0.25, -0.2) is 9.69 Å². The van der Waals surface area contributed by atoms with E-state index < -0.39 is 37.3 Å². The Bertz CT molecular complexity index is 1440. The average Bonchev–Trinajstić information content (AvgIpc) is 3.13. The molecule has 202 valence electrons. The van der Waals surface area contributed by atoms with Crippen LogP contribution in [0.2, 0.25) is 18.1 Å². The third-order valence-corrected chi connectivity index (χ3v) is 11.6. The molecule has 10 heteroatoms. The van der Waals surface area contributed by atoms with E-state index in [1.807, 2.05) is 13.1 Å². The monoisotopic (exact) mass is 546 g/mol. The second kappa shape index (κ2) is 10.1. The maximum Gasteiger partial charge on any atom is 0.383 e. The van der Waals surface area contributed by atoms with Crippen LogP contribution in [0.25, 0.3) is 0 Å². The van der Waals surface area contributed by atoms with Crippen molar-refractivity contribution in [3.63, 3.8) is 0 Å². The molecule has 0 spiro atoms. The lowest BCUT2D eigenvalue weighted by atomic mass is 10.1. The van der Waals surface area contributed by atoms with Crippen molar-refractivity contribution in [2.24, 2.45) is 0 Å². The second-order valence-corrected chi connectivity index (χ2v) is 15.6. The number of hydrogen-bond acceptors (Lipinski definition) is 7. The summed E-state index contributed by atoms with van der Waals surface area (Å²) < 4.78 is 11.9. The van der Waals surface area contributed by atoms with E-state index in [2.05, 4.69) is 20.8 Å². The maximum absolute atomic E-state index is 13.5. The molecular formula is C29H30N2O7Si. The number of nitrogens with zero attached hydrogens (tertiary/aromatic N) is 2. The first-order valence-electron chi connectivity index (χ1n) is 12.4. The van der Waals surface area contributed by atoms with Gasteiger partial charge in [0.1, 0.15) is 5.75 Å². The number of carbonyl (C=O) groups is 3. The number of anilines is 1. The van der Waals surface area contributed by atoms with E-state index in [-0.39, 0.29) is 33.0 Å². The van der Waals surface area contributed by atoms with Crippen LogP contribution >= 0.6 is 0 Å². The molecule has 0 N–H and O–H groups in total. The molecule has 1 atom stereocenters. The zero-order chi connectivity index (χ0) is 28.7. The number of carbonyl (C=O) groups excluding carboxylic acids is 3. The van der Waals surface area contributed by atoms with Crippen molar-refractivity contribution in [1.82, 2.24) is 0 Å². The van der Waals surface area contributed by atoms with Crippen LogP contribution in [-0.4, -0.2) is 31.0 Å². The fraction of sp³-hybridized carbons (Fsp3) is 0.276. The fourth-order valence-corrected chi connectivity index (χ4v) is 5.06. The molecular weight excluding hydrogens is 516 g/mol. The summed E-state index contributed by atoms with van der Waals surface area (Å²) in [5, 5.41) is 11.6. The number of hydrogen-bond donors (Lipinski definition) is 0. The topological polar surface area (TPSA) is 116 Å². The van der Waals surface area contributed by atoms with Crippen molar-refractivity contribution in [3.05, 3.63) is 105 Å². The van der Waals surface area contributed by atoms with Gasteiger partial charge in [0.2, 0.25) is 8.32 Å². The van der Waals surface area contributed by atoms with E-state index >= 15 is 0 Å². The molecule has 39 heavy (non-hydrogen) atoms. The summed E-state index contributed by atoms with van der Waals surface area (Å²) in [5.41, 5.74) is 1.15. The van der Waals surface area contributed by atoms with Gasteiger partial charge in [-0.2, -0.15) is 0 Å². The summed E-state index contributed by atoms with van der Waals surface area (Å²) in [6.07, 6.45) is -1.74. The van der Waals surface area contributed by atoms with Crippen LogP contribution in [-0.2, 0) is 4.74 Å². The van der Waals surface area contributed by atoms with Crippen molar-refractivity contribution in [2.75, 3.05) is 4.90 Å². The van der Waals surface area contributed by atoms with E-state index in [0.29, 0.717) is 11.3 Å². The van der Waals surface area contributed by atoms with Crippen LogP contribution in [0.15, 0.2) is 66.7 Å². The highest BCUT2D eigenvalue weighted by atomic mass is 28.4. The standard InChI is InChI=1S/C29H30N2O7Si/c1-18-23(28(34)37-27(31(35)36)19-12-8-7-9-13-19)16-20(17-24(18)38-39(5,6)29(2,3)4)30-25(32)21-14-10-11-15-22(21)26(30)33/h7-17,27H,1-6H3. The quantitative estimate of drug-likeness (QED) is 0.0851. The summed E-state index contributed by atoms with van der Waals surface area (Å²) >= 11 is 0. The highest BCUT2D eigenvalue weighted by molar-refractivity contribution is 6.74. The number of esters is 1. The van der Waals surface area contributed by atoms with Crippen LogP contribution < -0.4 is 9.33 Å². The van der Waals surface area contributed by atoms with E-state index in [9.17, 15) is 24.5 Å².